The molecule has 178 valence electrons. The standard InChI is InChI=1S/C25H26FN3O4S/c1-18-5-10-23(34(31,32)28-21-8-6-20(26)7-9-21)16-24(18)25(30)27-22-4-2-3-19(15-22)17-29-11-13-33-14-12-29/h2-10,15-16,28H,11-14,17H2,1H3,(H,27,30). The van der Waals surface area contributed by atoms with E-state index in [4.69, 9.17) is 4.74 Å². The largest absolute Gasteiger partial charge is 0.379 e. The number of halogens is 1. The summed E-state index contributed by atoms with van der Waals surface area (Å²) in [6.07, 6.45) is 0. The fourth-order valence-corrected chi connectivity index (χ4v) is 4.79. The van der Waals surface area contributed by atoms with E-state index in [1.54, 1.807) is 19.1 Å². The Kier molecular flexibility index (Phi) is 7.26. The highest BCUT2D eigenvalue weighted by molar-refractivity contribution is 7.92. The van der Waals surface area contributed by atoms with E-state index in [2.05, 4.69) is 14.9 Å². The highest BCUT2D eigenvalue weighted by atomic mass is 32.2. The van der Waals surface area contributed by atoms with Gasteiger partial charge in [0.1, 0.15) is 5.82 Å². The lowest BCUT2D eigenvalue weighted by Gasteiger charge is -2.26. The van der Waals surface area contributed by atoms with Crippen molar-refractivity contribution in [2.75, 3.05) is 36.3 Å². The van der Waals surface area contributed by atoms with Crippen molar-refractivity contribution in [2.24, 2.45) is 0 Å². The molecule has 3 aromatic carbocycles. The Morgan fingerprint density at radius 1 is 1.00 bits per heavy atom. The molecule has 0 unspecified atom stereocenters. The molecule has 4 rings (SSSR count). The van der Waals surface area contributed by atoms with Crippen molar-refractivity contribution in [1.82, 2.24) is 4.90 Å². The number of carbonyl (C=O) groups is 1. The lowest BCUT2D eigenvalue weighted by Crippen LogP contribution is -2.35. The summed E-state index contributed by atoms with van der Waals surface area (Å²) in [5.41, 5.74) is 2.82. The predicted octanol–water partition coefficient (Wildman–Crippen LogP) is 4.02. The molecule has 0 spiro atoms. The predicted molar refractivity (Wildman–Crippen MR) is 129 cm³/mol. The maximum absolute atomic E-state index is 13.1. The number of hydrogen-bond acceptors (Lipinski definition) is 5. The molecule has 1 aliphatic rings. The SMILES string of the molecule is Cc1ccc(S(=O)(=O)Nc2ccc(F)cc2)cc1C(=O)Nc1cccc(CN2CCOCC2)c1. The molecule has 0 bridgehead atoms. The normalized spacial score (nSPS) is 14.5. The monoisotopic (exact) mass is 483 g/mol. The van der Waals surface area contributed by atoms with Crippen LogP contribution < -0.4 is 10.0 Å². The van der Waals surface area contributed by atoms with Gasteiger partial charge in [0, 0.05) is 36.6 Å². The Morgan fingerprint density at radius 3 is 2.47 bits per heavy atom. The third kappa shape index (κ3) is 5.99. The topological polar surface area (TPSA) is 87.7 Å². The molecule has 1 aliphatic heterocycles. The molecule has 34 heavy (non-hydrogen) atoms. The molecule has 1 fully saturated rings. The first-order valence-electron chi connectivity index (χ1n) is 10.9. The van der Waals surface area contributed by atoms with Crippen LogP contribution in [-0.4, -0.2) is 45.5 Å². The lowest BCUT2D eigenvalue weighted by molar-refractivity contribution is 0.0342. The third-order valence-electron chi connectivity index (χ3n) is 5.56. The van der Waals surface area contributed by atoms with E-state index in [9.17, 15) is 17.6 Å². The molecule has 1 heterocycles. The summed E-state index contributed by atoms with van der Waals surface area (Å²) in [7, 11) is -3.96. The summed E-state index contributed by atoms with van der Waals surface area (Å²) >= 11 is 0. The second-order valence-corrected chi connectivity index (χ2v) is 9.81. The van der Waals surface area contributed by atoms with Gasteiger partial charge in [-0.2, -0.15) is 0 Å². The van der Waals surface area contributed by atoms with Gasteiger partial charge in [-0.25, -0.2) is 12.8 Å². The summed E-state index contributed by atoms with van der Waals surface area (Å²) in [6.45, 7) is 5.66. The number of carbonyl (C=O) groups excluding carboxylic acids is 1. The first-order valence-corrected chi connectivity index (χ1v) is 12.4. The summed E-state index contributed by atoms with van der Waals surface area (Å²) in [5.74, 6) is -0.869. The van der Waals surface area contributed by atoms with E-state index in [1.807, 2.05) is 18.2 Å². The van der Waals surface area contributed by atoms with Crippen LogP contribution in [0.3, 0.4) is 0 Å². The average Bonchev–Trinajstić information content (AvgIpc) is 2.81. The quantitative estimate of drug-likeness (QED) is 0.530. The third-order valence-corrected chi connectivity index (χ3v) is 6.93. The average molecular weight is 484 g/mol. The molecule has 0 aromatic heterocycles. The molecule has 0 aliphatic carbocycles. The summed E-state index contributed by atoms with van der Waals surface area (Å²) in [5, 5.41) is 2.87. The minimum absolute atomic E-state index is 0.0614. The Hall–Kier alpha value is -3.27. The van der Waals surface area contributed by atoms with Crippen molar-refractivity contribution in [1.29, 1.82) is 0 Å². The molecular weight excluding hydrogens is 457 g/mol. The van der Waals surface area contributed by atoms with Gasteiger partial charge in [0.2, 0.25) is 0 Å². The zero-order valence-corrected chi connectivity index (χ0v) is 19.6. The Balaban J connectivity index is 1.49. The number of anilines is 2. The number of sulfonamides is 1. The van der Waals surface area contributed by atoms with Crippen LogP contribution in [0.2, 0.25) is 0 Å². The number of aryl methyl sites for hydroxylation is 1. The molecule has 0 atom stereocenters. The summed E-state index contributed by atoms with van der Waals surface area (Å²) in [4.78, 5) is 15.2. The molecule has 2 N–H and O–H groups in total. The van der Waals surface area contributed by atoms with Crippen LogP contribution in [0.1, 0.15) is 21.5 Å². The van der Waals surface area contributed by atoms with Gasteiger partial charge in [0.25, 0.3) is 15.9 Å². The van der Waals surface area contributed by atoms with Gasteiger partial charge < -0.3 is 10.1 Å². The van der Waals surface area contributed by atoms with Crippen molar-refractivity contribution in [2.45, 2.75) is 18.4 Å². The molecule has 9 heteroatoms. The number of ether oxygens (including phenoxy) is 1. The summed E-state index contributed by atoms with van der Waals surface area (Å²) < 4.78 is 46.5. The highest BCUT2D eigenvalue weighted by Gasteiger charge is 2.19. The molecule has 1 saturated heterocycles. The fourth-order valence-electron chi connectivity index (χ4n) is 3.71. The highest BCUT2D eigenvalue weighted by Crippen LogP contribution is 2.21. The number of rotatable bonds is 7. The van der Waals surface area contributed by atoms with Gasteiger partial charge in [-0.15, -0.1) is 0 Å². The van der Waals surface area contributed by atoms with Gasteiger partial charge >= 0.3 is 0 Å². The van der Waals surface area contributed by atoms with E-state index in [1.165, 1.54) is 36.4 Å². The van der Waals surface area contributed by atoms with Gasteiger partial charge in [0.05, 0.1) is 18.1 Å². The molecular formula is C25H26FN3O4S. The number of nitrogens with one attached hydrogen (secondary N) is 2. The molecule has 1 amide bonds. The number of benzene rings is 3. The lowest BCUT2D eigenvalue weighted by atomic mass is 10.1. The van der Waals surface area contributed by atoms with Gasteiger partial charge in [-0.3, -0.25) is 14.4 Å². The first-order chi connectivity index (χ1) is 16.3. The zero-order chi connectivity index (χ0) is 24.1. The van der Waals surface area contributed by atoms with E-state index in [-0.39, 0.29) is 16.1 Å². The van der Waals surface area contributed by atoms with Gasteiger partial charge in [-0.05, 0) is 66.6 Å². The Morgan fingerprint density at radius 2 is 1.74 bits per heavy atom. The van der Waals surface area contributed by atoms with Crippen LogP contribution in [0.25, 0.3) is 0 Å². The summed E-state index contributed by atoms with van der Waals surface area (Å²) in [6, 6.07) is 17.0. The van der Waals surface area contributed by atoms with Gasteiger partial charge in [0.15, 0.2) is 0 Å². The molecule has 0 radical (unpaired) electrons. The van der Waals surface area contributed by atoms with Crippen molar-refractivity contribution >= 4 is 27.3 Å². The first kappa shape index (κ1) is 23.9. The second kappa shape index (κ2) is 10.3. The minimum Gasteiger partial charge on any atom is -0.379 e. The van der Waals surface area contributed by atoms with Gasteiger partial charge in [-0.1, -0.05) is 18.2 Å². The van der Waals surface area contributed by atoms with Crippen LogP contribution in [0.4, 0.5) is 15.8 Å². The minimum atomic E-state index is -3.96. The smallest absolute Gasteiger partial charge is 0.261 e. The number of amides is 1. The zero-order valence-electron chi connectivity index (χ0n) is 18.8. The van der Waals surface area contributed by atoms with E-state index in [0.717, 1.165) is 25.2 Å². The van der Waals surface area contributed by atoms with Crippen LogP contribution in [-0.2, 0) is 21.3 Å². The van der Waals surface area contributed by atoms with Crippen LogP contribution in [0.15, 0.2) is 71.6 Å². The Labute approximate surface area is 198 Å². The Bertz CT molecular complexity index is 1270. The fraction of sp³-hybridized carbons (Fsp3) is 0.240. The van der Waals surface area contributed by atoms with Crippen molar-refractivity contribution < 1.29 is 22.3 Å². The van der Waals surface area contributed by atoms with Crippen molar-refractivity contribution in [3.8, 4) is 0 Å². The van der Waals surface area contributed by atoms with Crippen LogP contribution in [0.5, 0.6) is 0 Å². The van der Waals surface area contributed by atoms with E-state index in [0.29, 0.717) is 24.5 Å². The molecule has 3 aromatic rings. The second-order valence-electron chi connectivity index (χ2n) is 8.13. The molecule has 0 saturated carbocycles. The van der Waals surface area contributed by atoms with Crippen molar-refractivity contribution in [3.63, 3.8) is 0 Å². The van der Waals surface area contributed by atoms with E-state index < -0.39 is 21.7 Å². The van der Waals surface area contributed by atoms with Crippen LogP contribution >= 0.6 is 0 Å². The maximum Gasteiger partial charge on any atom is 0.261 e. The number of nitrogens with zero attached hydrogens (tertiary/aromatic N) is 1. The maximum atomic E-state index is 13.1. The van der Waals surface area contributed by atoms with Crippen molar-refractivity contribution in [3.05, 3.63) is 89.2 Å². The van der Waals surface area contributed by atoms with E-state index >= 15 is 0 Å². The van der Waals surface area contributed by atoms with Crippen LogP contribution in [0, 0.1) is 12.7 Å². The molecule has 7 nitrogen and oxygen atoms in total. The number of hydrogen-bond donors (Lipinski definition) is 2. The number of morpholine rings is 1.